The molecule has 4 heterocycles. The smallest absolute Gasteiger partial charge is 0.226 e. The second-order valence-corrected chi connectivity index (χ2v) is 6.81. The molecule has 4 aliphatic rings. The number of carbonyl (C=O) groups is 1. The lowest BCUT2D eigenvalue weighted by atomic mass is 10.0. The Morgan fingerprint density at radius 3 is 3.13 bits per heavy atom. The molecule has 4 aliphatic heterocycles. The van der Waals surface area contributed by atoms with E-state index < -0.39 is 0 Å². The van der Waals surface area contributed by atoms with Crippen LogP contribution in [0.2, 0.25) is 0 Å². The third kappa shape index (κ3) is 1.90. The Labute approximate surface area is 135 Å². The normalized spacial score (nSPS) is 32.3. The molecule has 2 atom stereocenters. The molecule has 0 radical (unpaired) electrons. The van der Waals surface area contributed by atoms with Crippen LogP contribution in [0.1, 0.15) is 18.4 Å². The molecule has 0 bridgehead atoms. The summed E-state index contributed by atoms with van der Waals surface area (Å²) in [6.07, 6.45) is 3.74. The Balaban J connectivity index is 1.39. The van der Waals surface area contributed by atoms with Crippen molar-refractivity contribution in [3.63, 3.8) is 0 Å². The lowest BCUT2D eigenvalue weighted by Gasteiger charge is -2.32. The minimum atomic E-state index is -0.342. The highest BCUT2D eigenvalue weighted by Gasteiger charge is 2.61. The molecule has 0 unspecified atom stereocenters. The van der Waals surface area contributed by atoms with Gasteiger partial charge < -0.3 is 14.4 Å². The molecule has 0 aromatic heterocycles. The highest BCUT2D eigenvalue weighted by molar-refractivity contribution is 5.81. The van der Waals surface area contributed by atoms with Crippen molar-refractivity contribution >= 4 is 12.0 Å². The largest absolute Gasteiger partial charge is 0.489 e. The van der Waals surface area contributed by atoms with E-state index in [1.54, 1.807) is 0 Å². The van der Waals surface area contributed by atoms with E-state index in [1.165, 1.54) is 5.57 Å². The van der Waals surface area contributed by atoms with Crippen LogP contribution in [-0.2, 0) is 9.53 Å². The Morgan fingerprint density at radius 2 is 2.17 bits per heavy atom. The maximum absolute atomic E-state index is 12.2. The van der Waals surface area contributed by atoms with Crippen molar-refractivity contribution in [1.29, 1.82) is 0 Å². The molecule has 0 aliphatic carbocycles. The number of nitrogens with zero attached hydrogens (tertiary/aromatic N) is 2. The minimum absolute atomic E-state index is 0.190. The molecule has 23 heavy (non-hydrogen) atoms. The summed E-state index contributed by atoms with van der Waals surface area (Å²) in [5.74, 6) is 1.20. The van der Waals surface area contributed by atoms with E-state index in [9.17, 15) is 4.79 Å². The molecule has 1 aromatic carbocycles. The molecule has 5 nitrogen and oxygen atoms in total. The number of hydrogen-bond donors (Lipinski definition) is 0. The number of amides is 1. The van der Waals surface area contributed by atoms with Gasteiger partial charge in [-0.1, -0.05) is 18.2 Å². The van der Waals surface area contributed by atoms with Gasteiger partial charge in [-0.15, -0.1) is 0 Å². The van der Waals surface area contributed by atoms with E-state index in [0.29, 0.717) is 19.6 Å². The van der Waals surface area contributed by atoms with Gasteiger partial charge in [0.25, 0.3) is 0 Å². The van der Waals surface area contributed by atoms with E-state index in [-0.39, 0.29) is 17.7 Å². The van der Waals surface area contributed by atoms with E-state index >= 15 is 0 Å². The number of carbonyl (C=O) groups excluding carboxylic acids is 1. The van der Waals surface area contributed by atoms with Crippen LogP contribution < -0.4 is 4.74 Å². The zero-order valence-corrected chi connectivity index (χ0v) is 13.0. The number of likely N-dealkylation sites (tertiary alicyclic amines) is 1. The minimum Gasteiger partial charge on any atom is -0.489 e. The van der Waals surface area contributed by atoms with E-state index in [1.807, 2.05) is 23.1 Å². The fraction of sp³-hybridized carbons (Fsp3) is 0.500. The van der Waals surface area contributed by atoms with Crippen LogP contribution in [0.4, 0.5) is 0 Å². The van der Waals surface area contributed by atoms with E-state index in [4.69, 9.17) is 9.47 Å². The lowest BCUT2D eigenvalue weighted by Crippen LogP contribution is -2.48. The maximum Gasteiger partial charge on any atom is 0.226 e. The molecule has 3 fully saturated rings. The Bertz CT molecular complexity index is 701. The van der Waals surface area contributed by atoms with Gasteiger partial charge in [-0.25, -0.2) is 0 Å². The van der Waals surface area contributed by atoms with Gasteiger partial charge in [-0.2, -0.15) is 0 Å². The molecule has 1 amide bonds. The molecular formula is C18H20N2O3. The van der Waals surface area contributed by atoms with Crippen LogP contribution in [0, 0.1) is 0 Å². The molecule has 1 aromatic rings. The first-order valence-electron chi connectivity index (χ1n) is 8.36. The number of benzene rings is 1. The topological polar surface area (TPSA) is 42.0 Å². The van der Waals surface area contributed by atoms with Crippen LogP contribution in [0.25, 0.3) is 6.08 Å². The molecule has 5 rings (SSSR count). The fourth-order valence-corrected chi connectivity index (χ4v) is 4.58. The number of fused-ring (bicyclic) bond motifs is 1. The summed E-state index contributed by atoms with van der Waals surface area (Å²) in [7, 11) is 0. The summed E-state index contributed by atoms with van der Waals surface area (Å²) in [5.41, 5.74) is 2.07. The van der Waals surface area contributed by atoms with Crippen LogP contribution >= 0.6 is 0 Å². The van der Waals surface area contributed by atoms with Gasteiger partial charge in [-0.05, 0) is 17.7 Å². The van der Waals surface area contributed by atoms with Gasteiger partial charge in [0.05, 0.1) is 12.6 Å². The van der Waals surface area contributed by atoms with Crippen LogP contribution in [0.15, 0.2) is 29.8 Å². The summed E-state index contributed by atoms with van der Waals surface area (Å²) < 4.78 is 11.9. The van der Waals surface area contributed by atoms with Gasteiger partial charge >= 0.3 is 0 Å². The first-order valence-corrected chi connectivity index (χ1v) is 8.36. The molecule has 0 saturated carbocycles. The monoisotopic (exact) mass is 312 g/mol. The quantitative estimate of drug-likeness (QED) is 0.830. The highest BCUT2D eigenvalue weighted by Crippen LogP contribution is 2.45. The third-order valence-corrected chi connectivity index (χ3v) is 5.61. The zero-order valence-electron chi connectivity index (χ0n) is 13.0. The third-order valence-electron chi connectivity index (χ3n) is 5.61. The summed E-state index contributed by atoms with van der Waals surface area (Å²) >= 11 is 0. The highest BCUT2D eigenvalue weighted by atomic mass is 16.5. The second-order valence-electron chi connectivity index (χ2n) is 6.81. The van der Waals surface area contributed by atoms with Crippen molar-refractivity contribution in [2.75, 3.05) is 32.8 Å². The predicted molar refractivity (Wildman–Crippen MR) is 84.9 cm³/mol. The van der Waals surface area contributed by atoms with Gasteiger partial charge in [0.2, 0.25) is 5.91 Å². The first-order chi connectivity index (χ1) is 11.3. The summed E-state index contributed by atoms with van der Waals surface area (Å²) in [5, 5.41) is 0. The molecule has 5 heteroatoms. The van der Waals surface area contributed by atoms with Crippen LogP contribution in [-0.4, -0.2) is 60.3 Å². The van der Waals surface area contributed by atoms with E-state index in [2.05, 4.69) is 17.0 Å². The zero-order chi connectivity index (χ0) is 15.4. The van der Waals surface area contributed by atoms with Crippen molar-refractivity contribution in [2.24, 2.45) is 0 Å². The summed E-state index contributed by atoms with van der Waals surface area (Å²) in [6, 6.07) is 8.31. The van der Waals surface area contributed by atoms with Crippen molar-refractivity contribution < 1.29 is 14.3 Å². The van der Waals surface area contributed by atoms with Crippen molar-refractivity contribution in [2.45, 2.75) is 24.6 Å². The molecule has 3 saturated heterocycles. The molecule has 0 N–H and O–H groups in total. The van der Waals surface area contributed by atoms with Gasteiger partial charge in [0, 0.05) is 38.0 Å². The van der Waals surface area contributed by atoms with Gasteiger partial charge in [0.1, 0.15) is 12.4 Å². The second kappa shape index (κ2) is 4.82. The number of ether oxygens (including phenoxy) is 2. The molecular weight excluding hydrogens is 292 g/mol. The molecule has 120 valence electrons. The fourth-order valence-electron chi connectivity index (χ4n) is 4.58. The van der Waals surface area contributed by atoms with Crippen molar-refractivity contribution in [3.05, 3.63) is 35.4 Å². The van der Waals surface area contributed by atoms with Crippen molar-refractivity contribution in [3.8, 4) is 5.75 Å². The Hall–Kier alpha value is -1.85. The van der Waals surface area contributed by atoms with Gasteiger partial charge in [-0.3, -0.25) is 9.69 Å². The SMILES string of the molecule is O=C1C[C@H]2N(CC3=Cc4ccccc4OC3)CC[C@]23OCCN13. The number of hydrogen-bond acceptors (Lipinski definition) is 4. The van der Waals surface area contributed by atoms with E-state index in [0.717, 1.165) is 37.4 Å². The van der Waals surface area contributed by atoms with Crippen LogP contribution in [0.5, 0.6) is 5.75 Å². The average Bonchev–Trinajstić information content (AvgIpc) is 3.20. The summed E-state index contributed by atoms with van der Waals surface area (Å²) in [6.45, 7) is 3.89. The number of para-hydroxylation sites is 1. The summed E-state index contributed by atoms with van der Waals surface area (Å²) in [4.78, 5) is 16.6. The number of rotatable bonds is 2. The first kappa shape index (κ1) is 13.6. The van der Waals surface area contributed by atoms with Crippen LogP contribution in [0.3, 0.4) is 0 Å². The standard InChI is InChI=1S/C18H20N2O3/c21-17-10-16-18(20(17)7-8-23-18)5-6-19(16)11-13-9-14-3-1-2-4-15(14)22-12-13/h1-4,9,16H,5-8,10-12H2/t16-,18+/m1/s1. The molecule has 1 spiro atoms. The maximum atomic E-state index is 12.2. The Kier molecular flexibility index (Phi) is 2.85. The lowest BCUT2D eigenvalue weighted by molar-refractivity contribution is -0.136. The predicted octanol–water partition coefficient (Wildman–Crippen LogP) is 1.50. The Morgan fingerprint density at radius 1 is 1.26 bits per heavy atom. The van der Waals surface area contributed by atoms with Crippen molar-refractivity contribution in [1.82, 2.24) is 9.80 Å². The van der Waals surface area contributed by atoms with Gasteiger partial charge in [0.15, 0.2) is 5.72 Å². The average molecular weight is 312 g/mol.